The van der Waals surface area contributed by atoms with Gasteiger partial charge < -0.3 is 16.4 Å². The van der Waals surface area contributed by atoms with Crippen LogP contribution in [0.3, 0.4) is 0 Å². The normalized spacial score (nSPS) is 15.0. The number of thiophene rings is 1. The first-order valence-corrected chi connectivity index (χ1v) is 7.84. The Morgan fingerprint density at radius 3 is 2.86 bits per heavy atom. The summed E-state index contributed by atoms with van der Waals surface area (Å²) in [5.41, 5.74) is 6.92. The Labute approximate surface area is 128 Å². The van der Waals surface area contributed by atoms with E-state index in [0.29, 0.717) is 27.4 Å². The van der Waals surface area contributed by atoms with Crippen molar-refractivity contribution in [3.63, 3.8) is 0 Å². The molecule has 0 aromatic carbocycles. The molecule has 1 aromatic heterocycles. The van der Waals surface area contributed by atoms with E-state index in [0.717, 1.165) is 13.0 Å². The number of rotatable bonds is 7. The summed E-state index contributed by atoms with van der Waals surface area (Å²) in [4.78, 5) is 12.4. The van der Waals surface area contributed by atoms with Crippen molar-refractivity contribution in [2.45, 2.75) is 26.2 Å². The highest BCUT2D eigenvalue weighted by Gasteiger charge is 2.40. The lowest BCUT2D eigenvalue weighted by Gasteiger charge is -2.13. The van der Waals surface area contributed by atoms with E-state index in [1.54, 1.807) is 6.08 Å². The van der Waals surface area contributed by atoms with Gasteiger partial charge in [-0.05, 0) is 24.7 Å². The molecule has 0 spiro atoms. The van der Waals surface area contributed by atoms with Crippen LogP contribution in [0, 0.1) is 16.7 Å². The van der Waals surface area contributed by atoms with Crippen LogP contribution in [0.15, 0.2) is 12.7 Å². The van der Waals surface area contributed by atoms with Gasteiger partial charge in [0.25, 0.3) is 5.91 Å². The largest absolute Gasteiger partial charge is 0.396 e. The van der Waals surface area contributed by atoms with E-state index < -0.39 is 0 Å². The molecular weight excluding hydrogens is 284 g/mol. The minimum atomic E-state index is -0.265. The van der Waals surface area contributed by atoms with Crippen molar-refractivity contribution in [2.75, 3.05) is 24.1 Å². The summed E-state index contributed by atoms with van der Waals surface area (Å²) in [6.45, 7) is 6.93. The predicted molar refractivity (Wildman–Crippen MR) is 86.4 cm³/mol. The predicted octanol–water partition coefficient (Wildman–Crippen LogP) is 2.72. The van der Waals surface area contributed by atoms with E-state index in [2.05, 4.69) is 30.2 Å². The molecular formula is C15H20N4OS. The Morgan fingerprint density at radius 1 is 1.62 bits per heavy atom. The van der Waals surface area contributed by atoms with Gasteiger partial charge in [0.05, 0.1) is 5.69 Å². The van der Waals surface area contributed by atoms with Crippen LogP contribution in [-0.2, 0) is 0 Å². The minimum Gasteiger partial charge on any atom is -0.396 e. The lowest BCUT2D eigenvalue weighted by atomic mass is 10.0. The van der Waals surface area contributed by atoms with Crippen molar-refractivity contribution in [3.05, 3.63) is 23.1 Å². The van der Waals surface area contributed by atoms with Crippen LogP contribution >= 0.6 is 11.3 Å². The fourth-order valence-electron chi connectivity index (χ4n) is 2.19. The number of carbonyl (C=O) groups is 1. The van der Waals surface area contributed by atoms with Gasteiger partial charge >= 0.3 is 0 Å². The van der Waals surface area contributed by atoms with Crippen LogP contribution in [-0.4, -0.2) is 19.0 Å². The molecule has 0 saturated heterocycles. The van der Waals surface area contributed by atoms with E-state index in [1.807, 2.05) is 0 Å². The first-order valence-electron chi connectivity index (χ1n) is 7.02. The van der Waals surface area contributed by atoms with Gasteiger partial charge in [-0.1, -0.05) is 13.0 Å². The van der Waals surface area contributed by atoms with Crippen LogP contribution in [0.2, 0.25) is 0 Å². The molecule has 112 valence electrons. The number of hydrogen-bond donors (Lipinski definition) is 3. The monoisotopic (exact) mass is 304 g/mol. The molecule has 0 aliphatic heterocycles. The summed E-state index contributed by atoms with van der Waals surface area (Å²) in [5, 5.41) is 15.9. The second kappa shape index (κ2) is 6.19. The molecule has 0 radical (unpaired) electrons. The molecule has 0 atom stereocenters. The maximum Gasteiger partial charge on any atom is 0.263 e. The smallest absolute Gasteiger partial charge is 0.263 e. The second-order valence-corrected chi connectivity index (χ2v) is 6.39. The molecule has 6 heteroatoms. The van der Waals surface area contributed by atoms with Crippen LogP contribution < -0.4 is 16.4 Å². The van der Waals surface area contributed by atoms with Gasteiger partial charge in [-0.25, -0.2) is 0 Å². The Bertz CT molecular complexity index is 596. The summed E-state index contributed by atoms with van der Waals surface area (Å²) < 4.78 is 0. The fourth-order valence-corrected chi connectivity index (χ4v) is 3.18. The number of amides is 1. The van der Waals surface area contributed by atoms with E-state index in [1.165, 1.54) is 24.2 Å². The van der Waals surface area contributed by atoms with Crippen molar-refractivity contribution in [1.29, 1.82) is 5.26 Å². The number of nitriles is 1. The van der Waals surface area contributed by atoms with Crippen molar-refractivity contribution < 1.29 is 4.79 Å². The molecule has 1 aromatic rings. The van der Waals surface area contributed by atoms with Gasteiger partial charge in [-0.2, -0.15) is 5.26 Å². The lowest BCUT2D eigenvalue weighted by Crippen LogP contribution is -2.23. The van der Waals surface area contributed by atoms with Crippen LogP contribution in [0.1, 0.15) is 41.4 Å². The molecule has 0 bridgehead atoms. The van der Waals surface area contributed by atoms with E-state index >= 15 is 0 Å². The molecule has 2 rings (SSSR count). The molecule has 5 nitrogen and oxygen atoms in total. The van der Waals surface area contributed by atoms with Crippen molar-refractivity contribution in [2.24, 2.45) is 5.41 Å². The zero-order valence-corrected chi connectivity index (χ0v) is 13.0. The number of anilines is 2. The second-order valence-electron chi connectivity index (χ2n) is 5.37. The standard InChI is InChI=1S/C15H20N4OS/c1-3-7-18-13(20)12-11(17)10(8-16)14(21-12)19-9-15(4-2)5-6-15/h3,19H,1,4-7,9,17H2,2H3,(H,18,20). The molecule has 1 heterocycles. The lowest BCUT2D eigenvalue weighted by molar-refractivity contribution is 0.0963. The van der Waals surface area contributed by atoms with Gasteiger partial charge in [0.2, 0.25) is 0 Å². The number of nitrogen functional groups attached to an aromatic ring is 1. The highest BCUT2D eigenvalue weighted by molar-refractivity contribution is 7.18. The van der Waals surface area contributed by atoms with Crippen molar-refractivity contribution in [3.8, 4) is 6.07 Å². The Kier molecular flexibility index (Phi) is 4.53. The molecule has 21 heavy (non-hydrogen) atoms. The summed E-state index contributed by atoms with van der Waals surface area (Å²) in [7, 11) is 0. The number of nitrogens with one attached hydrogen (secondary N) is 2. The molecule has 1 aliphatic carbocycles. The van der Waals surface area contributed by atoms with Gasteiger partial charge in [0.15, 0.2) is 0 Å². The van der Waals surface area contributed by atoms with E-state index in [9.17, 15) is 10.1 Å². The Balaban J connectivity index is 2.16. The van der Waals surface area contributed by atoms with Crippen molar-refractivity contribution >= 4 is 27.9 Å². The Hall–Kier alpha value is -2.00. The Morgan fingerprint density at radius 2 is 2.33 bits per heavy atom. The highest BCUT2D eigenvalue weighted by atomic mass is 32.1. The maximum atomic E-state index is 12.0. The van der Waals surface area contributed by atoms with Gasteiger partial charge in [0.1, 0.15) is 21.5 Å². The first kappa shape index (κ1) is 15.4. The maximum absolute atomic E-state index is 12.0. The van der Waals surface area contributed by atoms with Crippen molar-refractivity contribution in [1.82, 2.24) is 5.32 Å². The first-order chi connectivity index (χ1) is 10.1. The minimum absolute atomic E-state index is 0.257. The zero-order chi connectivity index (χ0) is 15.5. The van der Waals surface area contributed by atoms with Crippen LogP contribution in [0.4, 0.5) is 10.7 Å². The third-order valence-electron chi connectivity index (χ3n) is 4.00. The summed E-state index contributed by atoms with van der Waals surface area (Å²) >= 11 is 1.24. The number of carbonyl (C=O) groups excluding carboxylic acids is 1. The molecule has 1 amide bonds. The van der Waals surface area contributed by atoms with Crippen LogP contribution in [0.25, 0.3) is 0 Å². The SMILES string of the molecule is C=CCNC(=O)c1sc(NCC2(CC)CC2)c(C#N)c1N. The zero-order valence-electron chi connectivity index (χ0n) is 12.2. The molecule has 1 saturated carbocycles. The summed E-state index contributed by atoms with van der Waals surface area (Å²) in [5.74, 6) is -0.265. The third-order valence-corrected chi connectivity index (χ3v) is 5.16. The average molecular weight is 304 g/mol. The summed E-state index contributed by atoms with van der Waals surface area (Å²) in [6, 6.07) is 2.09. The fraction of sp³-hybridized carbons (Fsp3) is 0.467. The van der Waals surface area contributed by atoms with Crippen LogP contribution in [0.5, 0.6) is 0 Å². The molecule has 1 fully saturated rings. The number of nitrogens with two attached hydrogens (primary N) is 1. The van der Waals surface area contributed by atoms with Gasteiger partial charge in [0, 0.05) is 13.1 Å². The topological polar surface area (TPSA) is 90.9 Å². The van der Waals surface area contributed by atoms with E-state index in [-0.39, 0.29) is 11.6 Å². The van der Waals surface area contributed by atoms with Gasteiger partial charge in [-0.3, -0.25) is 4.79 Å². The molecule has 0 unspecified atom stereocenters. The number of nitrogens with zero attached hydrogens (tertiary/aromatic N) is 1. The van der Waals surface area contributed by atoms with E-state index in [4.69, 9.17) is 5.73 Å². The average Bonchev–Trinajstić information content (AvgIpc) is 3.21. The summed E-state index contributed by atoms with van der Waals surface area (Å²) in [6.07, 6.45) is 5.15. The molecule has 4 N–H and O–H groups in total. The van der Waals surface area contributed by atoms with Gasteiger partial charge in [-0.15, -0.1) is 17.9 Å². The number of hydrogen-bond acceptors (Lipinski definition) is 5. The third kappa shape index (κ3) is 3.19. The molecule has 1 aliphatic rings. The highest BCUT2D eigenvalue weighted by Crippen LogP contribution is 2.49. The quantitative estimate of drug-likeness (QED) is 0.675.